The van der Waals surface area contributed by atoms with E-state index < -0.39 is 0 Å². The molecule has 0 unspecified atom stereocenters. The molecular formula is C12H24IN2+. The average Bonchev–Trinajstić information content (AvgIpc) is 2.16. The van der Waals surface area contributed by atoms with Gasteiger partial charge < -0.3 is 0 Å². The molecule has 3 heteroatoms. The minimum atomic E-state index is 0.715. The Labute approximate surface area is 108 Å². The van der Waals surface area contributed by atoms with Crippen LogP contribution in [-0.4, -0.2) is 46.4 Å². The quantitative estimate of drug-likeness (QED) is 0.558. The summed E-state index contributed by atoms with van der Waals surface area (Å²) in [7, 11) is 0. The van der Waals surface area contributed by atoms with Gasteiger partial charge in [-0.1, -0.05) is 0 Å². The van der Waals surface area contributed by atoms with Crippen molar-refractivity contribution in [3.05, 3.63) is 0 Å². The average molecular weight is 323 g/mol. The number of rotatable bonds is 2. The van der Waals surface area contributed by atoms with Crippen LogP contribution in [0.4, 0.5) is 0 Å². The van der Waals surface area contributed by atoms with Gasteiger partial charge in [-0.15, -0.1) is 0 Å². The Balaban J connectivity index is 1.85. The highest BCUT2D eigenvalue weighted by molar-refractivity contribution is 14.1. The standard InChI is InChI=1S/C12H24IN2/c1-4-15(13)7-5-12(6-8-15)9-14(10-12)11(2)3/h11H,4-10H2,1-3H3/q+1. The van der Waals surface area contributed by atoms with E-state index in [1.807, 2.05) is 0 Å². The Morgan fingerprint density at radius 3 is 2.20 bits per heavy atom. The van der Waals surface area contributed by atoms with Gasteiger partial charge in [0.1, 0.15) is 0 Å². The maximum atomic E-state index is 2.65. The van der Waals surface area contributed by atoms with E-state index >= 15 is 0 Å². The first kappa shape index (κ1) is 12.1. The van der Waals surface area contributed by atoms with Crippen molar-refractivity contribution in [2.24, 2.45) is 5.41 Å². The van der Waals surface area contributed by atoms with E-state index in [1.165, 1.54) is 48.3 Å². The van der Waals surface area contributed by atoms with E-state index in [2.05, 4.69) is 48.5 Å². The molecule has 0 saturated carbocycles. The largest absolute Gasteiger partial charge is 0.300 e. The van der Waals surface area contributed by atoms with E-state index in [9.17, 15) is 0 Å². The third-order valence-electron chi connectivity index (χ3n) is 4.46. The predicted molar refractivity (Wildman–Crippen MR) is 72.9 cm³/mol. The lowest BCUT2D eigenvalue weighted by atomic mass is 9.71. The number of hydrogen-bond donors (Lipinski definition) is 0. The fourth-order valence-electron chi connectivity index (χ4n) is 2.92. The molecule has 2 saturated heterocycles. The van der Waals surface area contributed by atoms with Crippen LogP contribution in [0.5, 0.6) is 0 Å². The van der Waals surface area contributed by atoms with Crippen molar-refractivity contribution >= 4 is 22.9 Å². The van der Waals surface area contributed by atoms with Crippen molar-refractivity contribution < 1.29 is 2.70 Å². The summed E-state index contributed by atoms with van der Waals surface area (Å²) in [6.45, 7) is 13.8. The van der Waals surface area contributed by atoms with Crippen LogP contribution in [0.3, 0.4) is 0 Å². The van der Waals surface area contributed by atoms with Gasteiger partial charge in [-0.3, -0.25) is 7.60 Å². The van der Waals surface area contributed by atoms with E-state index in [0.717, 1.165) is 6.04 Å². The van der Waals surface area contributed by atoms with Gasteiger partial charge in [0.2, 0.25) is 22.9 Å². The van der Waals surface area contributed by atoms with E-state index in [4.69, 9.17) is 0 Å². The van der Waals surface area contributed by atoms with Crippen molar-refractivity contribution in [3.8, 4) is 0 Å². The minimum Gasteiger partial charge on any atom is -0.300 e. The molecule has 2 heterocycles. The lowest BCUT2D eigenvalue weighted by Crippen LogP contribution is -2.63. The lowest BCUT2D eigenvalue weighted by Gasteiger charge is -2.56. The zero-order valence-electron chi connectivity index (χ0n) is 10.3. The molecule has 0 radical (unpaired) electrons. The second-order valence-electron chi connectivity index (χ2n) is 5.79. The molecular weight excluding hydrogens is 299 g/mol. The normalized spacial score (nSPS) is 29.4. The van der Waals surface area contributed by atoms with E-state index in [-0.39, 0.29) is 0 Å². The van der Waals surface area contributed by atoms with Crippen molar-refractivity contribution in [2.45, 2.75) is 39.7 Å². The number of quaternary nitrogens is 1. The number of hydrogen-bond acceptors (Lipinski definition) is 1. The number of halogens is 1. The predicted octanol–water partition coefficient (Wildman–Crippen LogP) is 2.68. The molecule has 88 valence electrons. The fraction of sp³-hybridized carbons (Fsp3) is 1.00. The molecule has 2 nitrogen and oxygen atoms in total. The van der Waals surface area contributed by atoms with Gasteiger partial charge in [-0.05, 0) is 20.8 Å². The summed E-state index contributed by atoms with van der Waals surface area (Å²) >= 11 is 2.65. The highest BCUT2D eigenvalue weighted by Gasteiger charge is 2.49. The van der Waals surface area contributed by atoms with Crippen molar-refractivity contribution in [3.63, 3.8) is 0 Å². The highest BCUT2D eigenvalue weighted by atomic mass is 127. The number of nitrogens with zero attached hydrogens (tertiary/aromatic N) is 2. The third-order valence-corrected chi connectivity index (χ3v) is 6.11. The zero-order chi connectivity index (χ0) is 11.1. The molecule has 0 amide bonds. The second-order valence-corrected chi connectivity index (χ2v) is 7.84. The fourth-order valence-corrected chi connectivity index (χ4v) is 3.41. The molecule has 0 aliphatic carbocycles. The van der Waals surface area contributed by atoms with Gasteiger partial charge >= 0.3 is 0 Å². The Hall–Kier alpha value is 0.650. The van der Waals surface area contributed by atoms with Crippen LogP contribution in [0.2, 0.25) is 0 Å². The van der Waals surface area contributed by atoms with E-state index in [1.54, 1.807) is 0 Å². The maximum absolute atomic E-state index is 2.65. The summed E-state index contributed by atoms with van der Waals surface area (Å²) < 4.78 is 1.28. The summed E-state index contributed by atoms with van der Waals surface area (Å²) in [5.74, 6) is 0. The first-order valence-corrected chi connectivity index (χ1v) is 7.25. The van der Waals surface area contributed by atoms with Gasteiger partial charge in [-0.25, -0.2) is 0 Å². The summed E-state index contributed by atoms with van der Waals surface area (Å²) in [5.41, 5.74) is 0.715. The monoisotopic (exact) mass is 323 g/mol. The Bertz CT molecular complexity index is 224. The zero-order valence-corrected chi connectivity index (χ0v) is 12.5. The molecule has 2 aliphatic rings. The van der Waals surface area contributed by atoms with Crippen LogP contribution < -0.4 is 0 Å². The van der Waals surface area contributed by atoms with Gasteiger partial charge in [0.05, 0.1) is 19.6 Å². The molecule has 2 rings (SSSR count). The summed E-state index contributed by atoms with van der Waals surface area (Å²) in [6.07, 6.45) is 2.90. The molecule has 2 aliphatic heterocycles. The molecule has 0 aromatic carbocycles. The first-order chi connectivity index (χ1) is 6.99. The Morgan fingerprint density at radius 2 is 1.80 bits per heavy atom. The van der Waals surface area contributed by atoms with Crippen LogP contribution in [0.25, 0.3) is 0 Å². The van der Waals surface area contributed by atoms with Crippen molar-refractivity contribution in [1.82, 2.24) is 4.90 Å². The molecule has 0 bridgehead atoms. The maximum Gasteiger partial charge on any atom is 0.248 e. The van der Waals surface area contributed by atoms with Crippen LogP contribution in [0.1, 0.15) is 33.6 Å². The number of piperidine rings is 1. The van der Waals surface area contributed by atoms with Gasteiger partial charge in [0, 0.05) is 37.4 Å². The van der Waals surface area contributed by atoms with Crippen LogP contribution in [0.15, 0.2) is 0 Å². The molecule has 2 fully saturated rings. The van der Waals surface area contributed by atoms with Gasteiger partial charge in [0.25, 0.3) is 0 Å². The molecule has 0 atom stereocenters. The van der Waals surface area contributed by atoms with Gasteiger partial charge in [-0.2, -0.15) is 0 Å². The topological polar surface area (TPSA) is 3.24 Å². The minimum absolute atomic E-state index is 0.715. The summed E-state index contributed by atoms with van der Waals surface area (Å²) in [5, 5.41) is 0. The van der Waals surface area contributed by atoms with Crippen LogP contribution in [0, 0.1) is 5.41 Å². The molecule has 0 N–H and O–H groups in total. The number of likely N-dealkylation sites (tertiary alicyclic amines) is 2. The van der Waals surface area contributed by atoms with E-state index in [0.29, 0.717) is 5.41 Å². The second kappa shape index (κ2) is 4.15. The molecule has 0 aromatic heterocycles. The smallest absolute Gasteiger partial charge is 0.248 e. The molecule has 1 spiro atoms. The molecule has 0 aromatic rings. The van der Waals surface area contributed by atoms with Gasteiger partial charge in [0.15, 0.2) is 0 Å². The Morgan fingerprint density at radius 1 is 1.27 bits per heavy atom. The lowest BCUT2D eigenvalue weighted by molar-refractivity contribution is -0.762. The van der Waals surface area contributed by atoms with Crippen molar-refractivity contribution in [2.75, 3.05) is 32.7 Å². The van der Waals surface area contributed by atoms with Crippen molar-refractivity contribution in [1.29, 1.82) is 0 Å². The third kappa shape index (κ3) is 2.34. The van der Waals surface area contributed by atoms with Crippen LogP contribution in [-0.2, 0) is 0 Å². The molecule has 15 heavy (non-hydrogen) atoms. The Kier molecular flexibility index (Phi) is 3.35. The SMILES string of the molecule is CC[N+]1(I)CCC2(CC1)CN(C(C)C)C2. The summed E-state index contributed by atoms with van der Waals surface area (Å²) in [6, 6.07) is 0.752. The van der Waals surface area contributed by atoms with Crippen LogP contribution >= 0.6 is 22.9 Å². The summed E-state index contributed by atoms with van der Waals surface area (Å²) in [4.78, 5) is 2.62. The first-order valence-electron chi connectivity index (χ1n) is 6.28. The highest BCUT2D eigenvalue weighted by Crippen LogP contribution is 2.44.